The molecule has 0 spiro atoms. The van der Waals surface area contributed by atoms with Gasteiger partial charge in [0.2, 0.25) is 0 Å². The summed E-state index contributed by atoms with van der Waals surface area (Å²) >= 11 is 0. The molecule has 58 heavy (non-hydrogen) atoms. The molecule has 6 N–H and O–H groups in total. The van der Waals surface area contributed by atoms with Gasteiger partial charge in [-0.05, 0) is 19.3 Å². The van der Waals surface area contributed by atoms with Gasteiger partial charge in [0.25, 0.3) is 5.91 Å². The van der Waals surface area contributed by atoms with E-state index >= 15 is 0 Å². The minimum absolute atomic E-state index is 0.139. The normalized spacial score (nSPS) is 14.1. The van der Waals surface area contributed by atoms with E-state index < -0.39 is 54.9 Å². The van der Waals surface area contributed by atoms with Gasteiger partial charge in [-0.2, -0.15) is 0 Å². The predicted octanol–water partition coefficient (Wildman–Crippen LogP) is 9.30. The van der Waals surface area contributed by atoms with E-state index in [0.717, 1.165) is 38.5 Å². The van der Waals surface area contributed by atoms with Crippen LogP contribution in [0.3, 0.4) is 0 Å². The molecule has 0 bridgehead atoms. The summed E-state index contributed by atoms with van der Waals surface area (Å²) in [5.74, 6) is -2.49. The number of aliphatic hydroxyl groups is 5. The maximum atomic E-state index is 13.0. The van der Waals surface area contributed by atoms with E-state index in [0.29, 0.717) is 6.42 Å². The Kier molecular flexibility index (Phi) is 40.6. The van der Waals surface area contributed by atoms with Crippen molar-refractivity contribution in [3.63, 3.8) is 0 Å². The molecule has 0 aliphatic heterocycles. The van der Waals surface area contributed by atoms with Gasteiger partial charge < -0.3 is 40.3 Å². The number of aliphatic hydroxyl groups excluding tert-OH is 5. The van der Waals surface area contributed by atoms with Crippen molar-refractivity contribution >= 4 is 17.8 Å². The van der Waals surface area contributed by atoms with Crippen LogP contribution in [0.4, 0.5) is 0 Å². The van der Waals surface area contributed by atoms with E-state index in [-0.39, 0.29) is 26.1 Å². The predicted molar refractivity (Wildman–Crippen MR) is 233 cm³/mol. The summed E-state index contributed by atoms with van der Waals surface area (Å²) in [6, 6.07) is -1.31. The molecular formula is C47H91NO10. The van der Waals surface area contributed by atoms with Gasteiger partial charge in [-0.25, -0.2) is 4.79 Å². The van der Waals surface area contributed by atoms with Gasteiger partial charge in [-0.3, -0.25) is 9.59 Å². The lowest BCUT2D eigenvalue weighted by molar-refractivity contribution is -0.155. The number of amides is 1. The maximum absolute atomic E-state index is 13.0. The molecule has 0 unspecified atom stereocenters. The Morgan fingerprint density at radius 1 is 0.466 bits per heavy atom. The standard InChI is InChI=1S/C47H91NO10/c1-3-5-7-9-11-13-15-17-19-21-23-25-27-29-31-33-37-57-42(51)36-35-40(48-46(55)45(54)44(53)43(52)41(50)39-49)47(56)58-38-34-32-30-28-26-24-22-20-18-16-14-12-10-8-6-4-2/h40-41,43-45,49-50,52-54H,3-39H2,1-2H3,(H,48,55)/t40-,41+,43+,44-,45+/m0/s1. The third kappa shape index (κ3) is 34.0. The number of unbranched alkanes of at least 4 members (excludes halogenated alkanes) is 30. The lowest BCUT2D eigenvalue weighted by Gasteiger charge is -2.26. The number of rotatable bonds is 44. The van der Waals surface area contributed by atoms with Crippen LogP contribution in [-0.4, -0.2) is 93.7 Å². The van der Waals surface area contributed by atoms with E-state index in [9.17, 15) is 34.8 Å². The van der Waals surface area contributed by atoms with Crippen LogP contribution in [0, 0.1) is 0 Å². The van der Waals surface area contributed by atoms with Gasteiger partial charge in [0, 0.05) is 6.42 Å². The van der Waals surface area contributed by atoms with Crippen LogP contribution in [0.5, 0.6) is 0 Å². The molecule has 0 fully saturated rings. The molecule has 11 heteroatoms. The van der Waals surface area contributed by atoms with Crippen LogP contribution in [0.25, 0.3) is 0 Å². The third-order valence-corrected chi connectivity index (χ3v) is 11.3. The Morgan fingerprint density at radius 2 is 0.793 bits per heavy atom. The Morgan fingerprint density at radius 3 is 1.14 bits per heavy atom. The molecule has 0 aliphatic rings. The fourth-order valence-electron chi connectivity index (χ4n) is 7.28. The monoisotopic (exact) mass is 830 g/mol. The Balaban J connectivity index is 4.39. The smallest absolute Gasteiger partial charge is 0.328 e. The summed E-state index contributed by atoms with van der Waals surface area (Å²) in [6.45, 7) is 4.02. The highest BCUT2D eigenvalue weighted by Crippen LogP contribution is 2.16. The molecule has 0 rings (SSSR count). The fraction of sp³-hybridized carbons (Fsp3) is 0.936. The van der Waals surface area contributed by atoms with Crippen LogP contribution in [-0.2, 0) is 23.9 Å². The second-order valence-electron chi connectivity index (χ2n) is 16.8. The Bertz CT molecular complexity index is 937. The summed E-state index contributed by atoms with van der Waals surface area (Å²) in [5, 5.41) is 51.3. The van der Waals surface area contributed by atoms with Crippen molar-refractivity contribution in [2.24, 2.45) is 0 Å². The fourth-order valence-corrected chi connectivity index (χ4v) is 7.28. The van der Waals surface area contributed by atoms with Crippen molar-refractivity contribution in [2.45, 2.75) is 263 Å². The third-order valence-electron chi connectivity index (χ3n) is 11.3. The lowest BCUT2D eigenvalue weighted by atomic mass is 10.0. The molecule has 0 aromatic heterocycles. The van der Waals surface area contributed by atoms with Crippen LogP contribution in [0.15, 0.2) is 0 Å². The maximum Gasteiger partial charge on any atom is 0.328 e. The molecule has 5 atom stereocenters. The molecule has 0 aromatic carbocycles. The van der Waals surface area contributed by atoms with Gasteiger partial charge >= 0.3 is 11.9 Å². The molecule has 0 heterocycles. The first-order valence-electron chi connectivity index (χ1n) is 24.1. The minimum Gasteiger partial charge on any atom is -0.466 e. The zero-order chi connectivity index (χ0) is 42.9. The first-order valence-corrected chi connectivity index (χ1v) is 24.1. The number of hydrogen-bond donors (Lipinski definition) is 6. The van der Waals surface area contributed by atoms with Crippen LogP contribution in [0.2, 0.25) is 0 Å². The Labute approximate surface area is 354 Å². The van der Waals surface area contributed by atoms with E-state index in [1.54, 1.807) is 0 Å². The van der Waals surface area contributed by atoms with Crippen molar-refractivity contribution in [2.75, 3.05) is 19.8 Å². The van der Waals surface area contributed by atoms with E-state index in [4.69, 9.17) is 14.6 Å². The molecule has 0 radical (unpaired) electrons. The highest BCUT2D eigenvalue weighted by Gasteiger charge is 2.36. The summed E-state index contributed by atoms with van der Waals surface area (Å²) < 4.78 is 10.8. The molecule has 0 saturated heterocycles. The van der Waals surface area contributed by atoms with Gasteiger partial charge in [-0.15, -0.1) is 0 Å². The lowest BCUT2D eigenvalue weighted by Crippen LogP contribution is -2.54. The number of ether oxygens (including phenoxy) is 2. The topological polar surface area (TPSA) is 183 Å². The minimum atomic E-state index is -2.21. The summed E-state index contributed by atoms with van der Waals surface area (Å²) in [5.41, 5.74) is 0. The highest BCUT2D eigenvalue weighted by atomic mass is 16.5. The van der Waals surface area contributed by atoms with Gasteiger partial charge in [-0.1, -0.05) is 206 Å². The van der Waals surface area contributed by atoms with Crippen molar-refractivity contribution in [3.05, 3.63) is 0 Å². The Hall–Kier alpha value is -1.79. The molecule has 344 valence electrons. The average molecular weight is 830 g/mol. The van der Waals surface area contributed by atoms with E-state index in [1.165, 1.54) is 161 Å². The largest absolute Gasteiger partial charge is 0.466 e. The molecule has 11 nitrogen and oxygen atoms in total. The van der Waals surface area contributed by atoms with Crippen molar-refractivity contribution in [3.8, 4) is 0 Å². The average Bonchev–Trinajstić information content (AvgIpc) is 3.23. The van der Waals surface area contributed by atoms with Gasteiger partial charge in [0.15, 0.2) is 6.10 Å². The number of nitrogens with one attached hydrogen (secondary N) is 1. The second-order valence-corrected chi connectivity index (χ2v) is 16.8. The summed E-state index contributed by atoms with van der Waals surface area (Å²) in [7, 11) is 0. The second kappa shape index (κ2) is 41.9. The van der Waals surface area contributed by atoms with Crippen molar-refractivity contribution in [1.82, 2.24) is 5.32 Å². The summed E-state index contributed by atoms with van der Waals surface area (Å²) in [6.07, 6.45) is 31.1. The van der Waals surface area contributed by atoms with E-state index in [1.807, 2.05) is 0 Å². The number of hydrogen-bond acceptors (Lipinski definition) is 10. The number of carbonyl (C=O) groups is 3. The highest BCUT2D eigenvalue weighted by molar-refractivity contribution is 5.87. The van der Waals surface area contributed by atoms with Crippen molar-refractivity contribution < 1.29 is 49.4 Å². The van der Waals surface area contributed by atoms with Crippen LogP contribution in [0.1, 0.15) is 232 Å². The van der Waals surface area contributed by atoms with Crippen LogP contribution < -0.4 is 5.32 Å². The van der Waals surface area contributed by atoms with Gasteiger partial charge in [0.1, 0.15) is 24.4 Å². The number of carbonyl (C=O) groups excluding carboxylic acids is 3. The quantitative estimate of drug-likeness (QED) is 0.0256. The summed E-state index contributed by atoms with van der Waals surface area (Å²) in [4.78, 5) is 38.3. The zero-order valence-electron chi connectivity index (χ0n) is 37.3. The molecule has 0 aliphatic carbocycles. The first kappa shape index (κ1) is 56.2. The van der Waals surface area contributed by atoms with E-state index in [2.05, 4.69) is 19.2 Å². The SMILES string of the molecule is CCCCCCCCCCCCCCCCCCOC(=O)CC[C@H](NC(=O)[C@H](O)[C@@H](O)[C@H](O)[C@H](O)CO)C(=O)OCCCCCCCCCCCCCCCCCC. The molecule has 0 aromatic rings. The molecule has 1 amide bonds. The first-order chi connectivity index (χ1) is 28.2. The molecular weight excluding hydrogens is 739 g/mol. The van der Waals surface area contributed by atoms with Gasteiger partial charge in [0.05, 0.1) is 19.8 Å². The number of esters is 2. The van der Waals surface area contributed by atoms with Crippen LogP contribution >= 0.6 is 0 Å². The molecule has 0 saturated carbocycles. The zero-order valence-corrected chi connectivity index (χ0v) is 37.3. The van der Waals surface area contributed by atoms with Crippen molar-refractivity contribution in [1.29, 1.82) is 0 Å².